The molecule has 2 saturated heterocycles. The van der Waals surface area contributed by atoms with Crippen molar-refractivity contribution in [2.45, 2.75) is 52.1 Å². The molecule has 1 aromatic heterocycles. The Morgan fingerprint density at radius 2 is 1.85 bits per heavy atom. The van der Waals surface area contributed by atoms with Crippen LogP contribution in [0.5, 0.6) is 0 Å². The van der Waals surface area contributed by atoms with E-state index in [0.717, 1.165) is 24.1 Å². The van der Waals surface area contributed by atoms with E-state index in [2.05, 4.69) is 10.5 Å². The molecule has 1 aromatic rings. The zero-order valence-corrected chi connectivity index (χ0v) is 16.0. The van der Waals surface area contributed by atoms with Crippen LogP contribution in [0.1, 0.15) is 36.8 Å². The molecule has 2 atom stereocenters. The molecule has 9 heteroatoms. The third kappa shape index (κ3) is 3.91. The van der Waals surface area contributed by atoms with Crippen LogP contribution in [0.3, 0.4) is 0 Å². The van der Waals surface area contributed by atoms with Gasteiger partial charge in [0, 0.05) is 18.7 Å². The van der Waals surface area contributed by atoms with Crippen molar-refractivity contribution in [3.05, 3.63) is 17.0 Å². The van der Waals surface area contributed by atoms with Crippen LogP contribution in [0.2, 0.25) is 0 Å². The number of nitrogens with zero attached hydrogens (tertiary/aromatic N) is 3. The molecule has 0 spiro atoms. The lowest BCUT2D eigenvalue weighted by Gasteiger charge is -2.25. The van der Waals surface area contributed by atoms with Gasteiger partial charge in [-0.1, -0.05) is 5.16 Å². The quantitative estimate of drug-likeness (QED) is 0.759. The van der Waals surface area contributed by atoms with E-state index in [1.807, 2.05) is 11.8 Å². The lowest BCUT2D eigenvalue weighted by atomic mass is 10.1. The van der Waals surface area contributed by atoms with Crippen LogP contribution in [-0.4, -0.2) is 71.2 Å². The Labute approximate surface area is 158 Å². The third-order valence-electron chi connectivity index (χ3n) is 5.36. The highest BCUT2D eigenvalue weighted by Crippen LogP contribution is 2.32. The first-order valence-electron chi connectivity index (χ1n) is 9.33. The lowest BCUT2D eigenvalue weighted by molar-refractivity contribution is -0.141. The van der Waals surface area contributed by atoms with Gasteiger partial charge in [0.25, 0.3) is 0 Å². The molecule has 1 N–H and O–H groups in total. The molecule has 0 radical (unpaired) electrons. The molecule has 0 bridgehead atoms. The Bertz CT molecular complexity index is 712. The molecule has 0 unspecified atom stereocenters. The Balaban J connectivity index is 1.57. The summed E-state index contributed by atoms with van der Waals surface area (Å²) in [7, 11) is 0. The summed E-state index contributed by atoms with van der Waals surface area (Å²) in [4.78, 5) is 40.2. The molecular weight excluding hydrogens is 352 g/mol. The van der Waals surface area contributed by atoms with Crippen molar-refractivity contribution in [3.63, 3.8) is 0 Å². The molecule has 2 aliphatic heterocycles. The SMILES string of the molecule is CCOC(=O)CNC(=O)N1CC[C@H]2[C@@H]1CCN2C(=O)Cc1c(C)noc1C. The van der Waals surface area contributed by atoms with Gasteiger partial charge < -0.3 is 24.4 Å². The second-order valence-electron chi connectivity index (χ2n) is 6.94. The average Bonchev–Trinajstić information content (AvgIpc) is 3.31. The van der Waals surface area contributed by atoms with Gasteiger partial charge in [-0.05, 0) is 33.6 Å². The molecule has 3 rings (SSSR count). The molecular formula is C18H26N4O5. The highest BCUT2D eigenvalue weighted by molar-refractivity contribution is 5.82. The van der Waals surface area contributed by atoms with E-state index in [1.54, 1.807) is 18.7 Å². The number of rotatable bonds is 5. The first-order valence-corrected chi connectivity index (χ1v) is 9.33. The summed E-state index contributed by atoms with van der Waals surface area (Å²) < 4.78 is 9.96. The van der Waals surface area contributed by atoms with Crippen molar-refractivity contribution in [2.24, 2.45) is 0 Å². The Morgan fingerprint density at radius 1 is 1.19 bits per heavy atom. The number of esters is 1. The maximum absolute atomic E-state index is 12.8. The van der Waals surface area contributed by atoms with E-state index in [9.17, 15) is 14.4 Å². The molecule has 27 heavy (non-hydrogen) atoms. The van der Waals surface area contributed by atoms with Gasteiger partial charge in [0.15, 0.2) is 0 Å². The normalized spacial score (nSPS) is 21.3. The second-order valence-corrected chi connectivity index (χ2v) is 6.94. The highest BCUT2D eigenvalue weighted by Gasteiger charge is 2.46. The predicted octanol–water partition coefficient (Wildman–Crippen LogP) is 0.782. The molecule has 2 aliphatic rings. The minimum Gasteiger partial charge on any atom is -0.465 e. The van der Waals surface area contributed by atoms with Crippen LogP contribution in [0.25, 0.3) is 0 Å². The van der Waals surface area contributed by atoms with Crippen molar-refractivity contribution in [1.29, 1.82) is 0 Å². The van der Waals surface area contributed by atoms with Crippen LogP contribution in [0.4, 0.5) is 4.79 Å². The smallest absolute Gasteiger partial charge is 0.325 e. The van der Waals surface area contributed by atoms with E-state index in [4.69, 9.17) is 9.26 Å². The van der Waals surface area contributed by atoms with E-state index >= 15 is 0 Å². The molecule has 0 aliphatic carbocycles. The molecule has 9 nitrogen and oxygen atoms in total. The maximum atomic E-state index is 12.8. The number of carbonyl (C=O) groups excluding carboxylic acids is 3. The summed E-state index contributed by atoms with van der Waals surface area (Å²) in [5.41, 5.74) is 1.58. The number of aromatic nitrogens is 1. The van der Waals surface area contributed by atoms with Crippen molar-refractivity contribution in [1.82, 2.24) is 20.3 Å². The molecule has 3 amide bonds. The van der Waals surface area contributed by atoms with Crippen molar-refractivity contribution in [2.75, 3.05) is 26.2 Å². The number of amides is 3. The minimum atomic E-state index is -0.454. The third-order valence-corrected chi connectivity index (χ3v) is 5.36. The van der Waals surface area contributed by atoms with Gasteiger partial charge in [0.1, 0.15) is 12.3 Å². The average molecular weight is 378 g/mol. The summed E-state index contributed by atoms with van der Waals surface area (Å²) in [5, 5.41) is 6.51. The summed E-state index contributed by atoms with van der Waals surface area (Å²) in [6.45, 7) is 6.69. The summed E-state index contributed by atoms with van der Waals surface area (Å²) >= 11 is 0. The van der Waals surface area contributed by atoms with Crippen molar-refractivity contribution < 1.29 is 23.6 Å². The van der Waals surface area contributed by atoms with Gasteiger partial charge in [0.05, 0.1) is 30.8 Å². The Hall–Kier alpha value is -2.58. The zero-order valence-electron chi connectivity index (χ0n) is 16.0. The summed E-state index contributed by atoms with van der Waals surface area (Å²) in [5.74, 6) is 0.248. The fourth-order valence-corrected chi connectivity index (χ4v) is 4.02. The first-order chi connectivity index (χ1) is 12.9. The zero-order chi connectivity index (χ0) is 19.6. The number of urea groups is 1. The summed E-state index contributed by atoms with van der Waals surface area (Å²) in [6, 6.07) is -0.275. The molecule has 2 fully saturated rings. The Kier molecular flexibility index (Phi) is 5.67. The van der Waals surface area contributed by atoms with Crippen LogP contribution in [0, 0.1) is 13.8 Å². The topological polar surface area (TPSA) is 105 Å². The summed E-state index contributed by atoms with van der Waals surface area (Å²) in [6.07, 6.45) is 1.75. The molecule has 0 saturated carbocycles. The Morgan fingerprint density at radius 3 is 2.48 bits per heavy atom. The minimum absolute atomic E-state index is 0.0131. The number of aryl methyl sites for hydroxylation is 2. The number of hydrogen-bond donors (Lipinski definition) is 1. The molecule has 0 aromatic carbocycles. The number of likely N-dealkylation sites (tertiary alicyclic amines) is 2. The number of hydrogen-bond acceptors (Lipinski definition) is 6. The number of ether oxygens (including phenoxy) is 1. The predicted molar refractivity (Wildman–Crippen MR) is 94.9 cm³/mol. The molecule has 148 valence electrons. The highest BCUT2D eigenvalue weighted by atomic mass is 16.5. The van der Waals surface area contributed by atoms with E-state index in [1.165, 1.54) is 0 Å². The number of nitrogens with one attached hydrogen (secondary N) is 1. The van der Waals surface area contributed by atoms with Crippen LogP contribution < -0.4 is 5.32 Å². The molecule has 3 heterocycles. The number of fused-ring (bicyclic) bond motifs is 1. The monoisotopic (exact) mass is 378 g/mol. The standard InChI is InChI=1S/C18H26N4O5/c1-4-26-17(24)10-19-18(25)22-8-6-14-15(22)5-7-21(14)16(23)9-13-11(2)20-27-12(13)3/h14-15H,4-10H2,1-3H3,(H,19,25)/t14-,15-/m0/s1. The van der Waals surface area contributed by atoms with Crippen LogP contribution in [0.15, 0.2) is 4.52 Å². The van der Waals surface area contributed by atoms with E-state index < -0.39 is 5.97 Å². The lowest BCUT2D eigenvalue weighted by Crippen LogP contribution is -2.46. The van der Waals surface area contributed by atoms with Gasteiger partial charge in [0.2, 0.25) is 5.91 Å². The van der Waals surface area contributed by atoms with E-state index in [-0.39, 0.29) is 43.6 Å². The van der Waals surface area contributed by atoms with Gasteiger partial charge in [-0.3, -0.25) is 9.59 Å². The van der Waals surface area contributed by atoms with Gasteiger partial charge in [-0.15, -0.1) is 0 Å². The van der Waals surface area contributed by atoms with Crippen LogP contribution in [-0.2, 0) is 20.7 Å². The van der Waals surface area contributed by atoms with Crippen molar-refractivity contribution in [3.8, 4) is 0 Å². The second kappa shape index (κ2) is 7.98. The number of carbonyl (C=O) groups is 3. The van der Waals surface area contributed by atoms with Gasteiger partial charge >= 0.3 is 12.0 Å². The van der Waals surface area contributed by atoms with Gasteiger partial charge in [-0.2, -0.15) is 0 Å². The fraction of sp³-hybridized carbons (Fsp3) is 0.667. The van der Waals surface area contributed by atoms with E-state index in [0.29, 0.717) is 18.8 Å². The van der Waals surface area contributed by atoms with Crippen LogP contribution >= 0.6 is 0 Å². The van der Waals surface area contributed by atoms with Gasteiger partial charge in [-0.25, -0.2) is 4.79 Å². The van der Waals surface area contributed by atoms with Crippen molar-refractivity contribution >= 4 is 17.9 Å². The first kappa shape index (κ1) is 19.2. The fourth-order valence-electron chi connectivity index (χ4n) is 4.02. The largest absolute Gasteiger partial charge is 0.465 e. The maximum Gasteiger partial charge on any atom is 0.325 e.